The molecule has 0 saturated carbocycles. The zero-order valence-corrected chi connectivity index (χ0v) is 16.7. The Morgan fingerprint density at radius 2 is 1.48 bits per heavy atom. The average Bonchev–Trinajstić information content (AvgIpc) is 3.16. The summed E-state index contributed by atoms with van der Waals surface area (Å²) >= 11 is 0. The van der Waals surface area contributed by atoms with Gasteiger partial charge in [0.15, 0.2) is 4.90 Å². The predicted octanol–water partition coefficient (Wildman–Crippen LogP) is 4.22. The molecule has 0 aliphatic carbocycles. The molecule has 27 heavy (non-hydrogen) atoms. The molecule has 1 aliphatic heterocycles. The van der Waals surface area contributed by atoms with Crippen LogP contribution in [0.1, 0.15) is 18.4 Å². The van der Waals surface area contributed by atoms with Crippen LogP contribution in [0.15, 0.2) is 70.5 Å². The van der Waals surface area contributed by atoms with Crippen molar-refractivity contribution in [2.45, 2.75) is 29.6 Å². The van der Waals surface area contributed by atoms with E-state index >= 15 is 0 Å². The molecule has 1 saturated heterocycles. The Kier molecular flexibility index (Phi) is 6.09. The van der Waals surface area contributed by atoms with E-state index in [9.17, 15) is 18.1 Å². The number of phenols is 1. The lowest BCUT2D eigenvalue weighted by Crippen LogP contribution is -2.04. The molecule has 0 amide bonds. The van der Waals surface area contributed by atoms with Crippen molar-refractivity contribution in [1.29, 1.82) is 0 Å². The minimum atomic E-state index is -4.27. The van der Waals surface area contributed by atoms with E-state index in [2.05, 4.69) is 18.2 Å². The summed E-state index contributed by atoms with van der Waals surface area (Å²) in [5.41, 5.74) is 0.928. The maximum absolute atomic E-state index is 10.4. The molecule has 1 heterocycles. The van der Waals surface area contributed by atoms with Crippen LogP contribution in [0.3, 0.4) is 0 Å². The summed E-state index contributed by atoms with van der Waals surface area (Å²) in [4.78, 5) is 1.27. The van der Waals surface area contributed by atoms with Crippen LogP contribution in [0, 0.1) is 6.92 Å². The molecule has 1 aliphatic rings. The molecule has 3 aromatic rings. The number of aromatic hydroxyl groups is 1. The van der Waals surface area contributed by atoms with Crippen LogP contribution in [-0.2, 0) is 21.0 Å². The maximum Gasteiger partial charge on any atom is 0.162 e. The van der Waals surface area contributed by atoms with E-state index in [0.717, 1.165) is 10.9 Å². The highest BCUT2D eigenvalue weighted by atomic mass is 32.2. The van der Waals surface area contributed by atoms with Crippen LogP contribution in [0.4, 0.5) is 0 Å². The van der Waals surface area contributed by atoms with Gasteiger partial charge in [0.2, 0.25) is 0 Å². The van der Waals surface area contributed by atoms with Crippen molar-refractivity contribution in [2.75, 3.05) is 11.5 Å². The van der Waals surface area contributed by atoms with Crippen molar-refractivity contribution < 1.29 is 18.1 Å². The second-order valence-corrected chi connectivity index (χ2v) is 10.1. The molecule has 0 atom stereocenters. The standard InChI is InChI=1S/C14H14OS.C7H8O3S/c15-13-7-3-6-12-11(13)5-4-8-14(12)16-9-1-2-10-16;1-6-2-4-7(5-3-6)11(8,9)10/h3-8H,1-2,9-10H2;2-5H,1H3,(H,8,9,10). The molecule has 142 valence electrons. The van der Waals surface area contributed by atoms with E-state index in [1.807, 2.05) is 19.1 Å². The number of aryl methyl sites for hydroxylation is 1. The highest BCUT2D eigenvalue weighted by Gasteiger charge is 2.28. The predicted molar refractivity (Wildman–Crippen MR) is 109 cm³/mol. The smallest absolute Gasteiger partial charge is 0.162 e. The monoisotopic (exact) mass is 402 g/mol. The summed E-state index contributed by atoms with van der Waals surface area (Å²) in [5.74, 6) is 3.06. The van der Waals surface area contributed by atoms with Crippen LogP contribution in [0.25, 0.3) is 10.8 Å². The molecule has 0 spiro atoms. The Balaban J connectivity index is 0.000000168. The minimum absolute atomic E-state index is 0.178. The first-order chi connectivity index (χ1) is 12.9. The molecule has 4 rings (SSSR count). The Morgan fingerprint density at radius 3 is 2.11 bits per heavy atom. The zero-order valence-electron chi connectivity index (χ0n) is 15.1. The van der Waals surface area contributed by atoms with Crippen LogP contribution < -0.4 is 0 Å². The van der Waals surface area contributed by atoms with Crippen LogP contribution in [0.2, 0.25) is 0 Å². The number of benzene rings is 3. The number of rotatable bonds is 2. The molecule has 4 nitrogen and oxygen atoms in total. The summed E-state index contributed by atoms with van der Waals surface area (Å²) in [5, 5.41) is 12.1. The van der Waals surface area contributed by atoms with Gasteiger partial charge in [0.25, 0.3) is 0 Å². The number of hydrogen-bond acceptors (Lipinski definition) is 4. The van der Waals surface area contributed by atoms with Gasteiger partial charge in [-0.05, 0) is 50.1 Å². The SMILES string of the molecule is Cc1ccc(S(=O)(=O)[O-])cc1.Oc1cccc2c([S+]3CCCC3)cccc12. The van der Waals surface area contributed by atoms with Gasteiger partial charge in [0, 0.05) is 21.7 Å². The maximum atomic E-state index is 10.4. The first kappa shape index (κ1) is 19.7. The fraction of sp³-hybridized carbons (Fsp3) is 0.238. The molecule has 6 heteroatoms. The number of phenolic OH excluding ortho intramolecular Hbond substituents is 1. The van der Waals surface area contributed by atoms with Gasteiger partial charge >= 0.3 is 0 Å². The summed E-state index contributed by atoms with van der Waals surface area (Å²) in [6.45, 7) is 1.82. The third-order valence-electron chi connectivity index (χ3n) is 4.51. The van der Waals surface area contributed by atoms with E-state index in [1.54, 1.807) is 18.2 Å². The average molecular weight is 403 g/mol. The molecule has 3 aromatic carbocycles. The molecule has 1 fully saturated rings. The van der Waals surface area contributed by atoms with Crippen molar-refractivity contribution in [2.24, 2.45) is 0 Å². The lowest BCUT2D eigenvalue weighted by atomic mass is 10.1. The fourth-order valence-corrected chi connectivity index (χ4v) is 6.07. The third-order valence-corrected chi connectivity index (χ3v) is 7.90. The quantitative estimate of drug-likeness (QED) is 0.514. The van der Waals surface area contributed by atoms with Crippen molar-refractivity contribution in [3.8, 4) is 5.75 Å². The van der Waals surface area contributed by atoms with E-state index in [-0.39, 0.29) is 4.90 Å². The summed E-state index contributed by atoms with van der Waals surface area (Å²) in [6, 6.07) is 17.9. The van der Waals surface area contributed by atoms with Gasteiger partial charge < -0.3 is 9.66 Å². The normalized spacial score (nSPS) is 14.7. The molecule has 0 unspecified atom stereocenters. The Bertz CT molecular complexity index is 1020. The summed E-state index contributed by atoms with van der Waals surface area (Å²) in [6.07, 6.45) is 2.72. The van der Waals surface area contributed by atoms with E-state index in [0.29, 0.717) is 16.6 Å². The third kappa shape index (κ3) is 4.83. The van der Waals surface area contributed by atoms with Gasteiger partial charge in [-0.3, -0.25) is 0 Å². The fourth-order valence-electron chi connectivity index (χ4n) is 3.10. The van der Waals surface area contributed by atoms with Crippen LogP contribution in [-0.4, -0.2) is 29.6 Å². The lowest BCUT2D eigenvalue weighted by molar-refractivity contribution is 0.463. The molecular weight excluding hydrogens is 380 g/mol. The number of fused-ring (bicyclic) bond motifs is 1. The lowest BCUT2D eigenvalue weighted by Gasteiger charge is -2.06. The largest absolute Gasteiger partial charge is 0.744 e. The first-order valence-electron chi connectivity index (χ1n) is 8.77. The highest BCUT2D eigenvalue weighted by Crippen LogP contribution is 2.33. The molecule has 1 N–H and O–H groups in total. The highest BCUT2D eigenvalue weighted by molar-refractivity contribution is 7.97. The molecular formula is C21H22O4S2. The Labute approximate surface area is 163 Å². The Morgan fingerprint density at radius 1 is 0.889 bits per heavy atom. The van der Waals surface area contributed by atoms with Gasteiger partial charge in [0.05, 0.1) is 4.90 Å². The van der Waals surface area contributed by atoms with E-state index in [4.69, 9.17) is 0 Å². The van der Waals surface area contributed by atoms with Crippen LogP contribution >= 0.6 is 0 Å². The molecule has 0 radical (unpaired) electrons. The number of hydrogen-bond donors (Lipinski definition) is 1. The zero-order chi connectivity index (χ0) is 19.4. The topological polar surface area (TPSA) is 77.4 Å². The van der Waals surface area contributed by atoms with Gasteiger partial charge in [-0.1, -0.05) is 35.9 Å². The van der Waals surface area contributed by atoms with Crippen molar-refractivity contribution in [1.82, 2.24) is 0 Å². The summed E-state index contributed by atoms with van der Waals surface area (Å²) in [7, 11) is -3.85. The van der Waals surface area contributed by atoms with Gasteiger partial charge in [-0.2, -0.15) is 0 Å². The van der Waals surface area contributed by atoms with E-state index < -0.39 is 10.1 Å². The van der Waals surface area contributed by atoms with Gasteiger partial charge in [-0.25, -0.2) is 8.42 Å². The van der Waals surface area contributed by atoms with E-state index in [1.165, 1.54) is 46.8 Å². The van der Waals surface area contributed by atoms with Gasteiger partial charge in [0.1, 0.15) is 27.4 Å². The van der Waals surface area contributed by atoms with Gasteiger partial charge in [-0.15, -0.1) is 0 Å². The summed E-state index contributed by atoms with van der Waals surface area (Å²) < 4.78 is 31.2. The Hall–Kier alpha value is -2.02. The van der Waals surface area contributed by atoms with Crippen molar-refractivity contribution in [3.63, 3.8) is 0 Å². The second-order valence-electron chi connectivity index (χ2n) is 6.50. The van der Waals surface area contributed by atoms with Crippen LogP contribution in [0.5, 0.6) is 5.75 Å². The van der Waals surface area contributed by atoms with Crippen molar-refractivity contribution in [3.05, 3.63) is 66.2 Å². The van der Waals surface area contributed by atoms with Crippen molar-refractivity contribution >= 4 is 31.8 Å². The minimum Gasteiger partial charge on any atom is -0.744 e. The molecule has 0 aromatic heterocycles. The molecule has 0 bridgehead atoms. The second kappa shape index (κ2) is 8.33. The first-order valence-corrected chi connectivity index (χ1v) is 11.7.